The fourth-order valence-electron chi connectivity index (χ4n) is 4.52. The fraction of sp³-hybridized carbons (Fsp3) is 0.609. The fourth-order valence-corrected chi connectivity index (χ4v) is 4.52. The molecule has 2 aliphatic carbocycles. The number of rotatable bonds is 8. The standard InChI is InChI=1S/C23H31N5O3/c29-22(18-9-4-5-10-18)24-20-13-11-19(12-14-20)23(30)31-16-6-15-28-26-21(25-27-28)17-7-2-1-3-8-17/h1-3,7-8,18-20H,4-6,9-16H2,(H,24,29). The summed E-state index contributed by atoms with van der Waals surface area (Å²) in [5.74, 6) is 0.812. The molecule has 8 nitrogen and oxygen atoms in total. The van der Waals surface area contributed by atoms with E-state index in [1.54, 1.807) is 0 Å². The first-order valence-corrected chi connectivity index (χ1v) is 11.5. The van der Waals surface area contributed by atoms with Gasteiger partial charge in [-0.3, -0.25) is 9.59 Å². The van der Waals surface area contributed by atoms with Crippen LogP contribution in [-0.2, 0) is 20.9 Å². The summed E-state index contributed by atoms with van der Waals surface area (Å²) >= 11 is 0. The number of esters is 1. The normalized spacial score (nSPS) is 21.7. The minimum atomic E-state index is -0.128. The molecule has 2 aliphatic rings. The van der Waals surface area contributed by atoms with Gasteiger partial charge in [-0.15, -0.1) is 10.2 Å². The summed E-state index contributed by atoms with van der Waals surface area (Å²) in [5.41, 5.74) is 0.926. The Morgan fingerprint density at radius 3 is 2.48 bits per heavy atom. The molecule has 0 unspecified atom stereocenters. The maximum absolute atomic E-state index is 12.4. The number of aryl methyl sites for hydroxylation is 1. The summed E-state index contributed by atoms with van der Waals surface area (Å²) in [6.45, 7) is 0.895. The van der Waals surface area contributed by atoms with Crippen molar-refractivity contribution in [3.63, 3.8) is 0 Å². The third-order valence-electron chi connectivity index (χ3n) is 6.36. The first-order valence-electron chi connectivity index (χ1n) is 11.5. The summed E-state index contributed by atoms with van der Waals surface area (Å²) in [5, 5.41) is 15.7. The highest BCUT2D eigenvalue weighted by Crippen LogP contribution is 2.28. The second-order valence-corrected chi connectivity index (χ2v) is 8.63. The Morgan fingerprint density at radius 2 is 1.74 bits per heavy atom. The number of aromatic nitrogens is 4. The van der Waals surface area contributed by atoms with Crippen LogP contribution in [0.4, 0.5) is 0 Å². The highest BCUT2D eigenvalue weighted by molar-refractivity contribution is 5.79. The van der Waals surface area contributed by atoms with Gasteiger partial charge in [0.1, 0.15) is 0 Å². The molecule has 8 heteroatoms. The molecule has 0 spiro atoms. The van der Waals surface area contributed by atoms with Crippen molar-refractivity contribution in [3.05, 3.63) is 30.3 Å². The summed E-state index contributed by atoms with van der Waals surface area (Å²) < 4.78 is 5.48. The van der Waals surface area contributed by atoms with E-state index < -0.39 is 0 Å². The van der Waals surface area contributed by atoms with Gasteiger partial charge >= 0.3 is 5.97 Å². The molecule has 2 aromatic rings. The van der Waals surface area contributed by atoms with Gasteiger partial charge in [0.15, 0.2) is 0 Å². The lowest BCUT2D eigenvalue weighted by Crippen LogP contribution is -2.41. The van der Waals surface area contributed by atoms with Crippen LogP contribution in [-0.4, -0.2) is 44.7 Å². The molecular formula is C23H31N5O3. The van der Waals surface area contributed by atoms with Crippen LogP contribution in [0.1, 0.15) is 57.8 Å². The second-order valence-electron chi connectivity index (χ2n) is 8.63. The van der Waals surface area contributed by atoms with E-state index in [0.29, 0.717) is 25.4 Å². The van der Waals surface area contributed by atoms with Crippen molar-refractivity contribution in [3.8, 4) is 11.4 Å². The number of tetrazole rings is 1. The van der Waals surface area contributed by atoms with Crippen LogP contribution in [0.3, 0.4) is 0 Å². The zero-order valence-electron chi connectivity index (χ0n) is 17.9. The molecule has 2 fully saturated rings. The summed E-state index contributed by atoms with van der Waals surface area (Å²) in [6.07, 6.45) is 8.26. The molecule has 2 saturated carbocycles. The van der Waals surface area contributed by atoms with Crippen LogP contribution in [0.15, 0.2) is 30.3 Å². The van der Waals surface area contributed by atoms with Crippen molar-refractivity contribution in [2.45, 2.75) is 70.4 Å². The molecule has 4 rings (SSSR count). The van der Waals surface area contributed by atoms with Crippen LogP contribution >= 0.6 is 0 Å². The average Bonchev–Trinajstić information content (AvgIpc) is 3.50. The van der Waals surface area contributed by atoms with Crippen molar-refractivity contribution in [2.24, 2.45) is 11.8 Å². The smallest absolute Gasteiger partial charge is 0.308 e. The number of amides is 1. The Hall–Kier alpha value is -2.77. The lowest BCUT2D eigenvalue weighted by atomic mass is 9.86. The Bertz CT molecular complexity index is 855. The minimum absolute atomic E-state index is 0.0613. The number of carbonyl (C=O) groups is 2. The lowest BCUT2D eigenvalue weighted by molar-refractivity contribution is -0.150. The van der Waals surface area contributed by atoms with E-state index in [-0.39, 0.29) is 29.8 Å². The summed E-state index contributed by atoms with van der Waals surface area (Å²) in [6, 6.07) is 9.91. The lowest BCUT2D eigenvalue weighted by Gasteiger charge is -2.28. The number of nitrogens with zero attached hydrogens (tertiary/aromatic N) is 4. The topological polar surface area (TPSA) is 99.0 Å². The molecule has 0 bridgehead atoms. The molecular weight excluding hydrogens is 394 g/mol. The van der Waals surface area contributed by atoms with Crippen LogP contribution in [0.2, 0.25) is 0 Å². The van der Waals surface area contributed by atoms with Gasteiger partial charge in [-0.2, -0.15) is 4.80 Å². The number of benzene rings is 1. The molecule has 1 heterocycles. The zero-order chi connectivity index (χ0) is 21.5. The van der Waals surface area contributed by atoms with Crippen LogP contribution in [0, 0.1) is 11.8 Å². The molecule has 1 amide bonds. The molecule has 0 aliphatic heterocycles. The quantitative estimate of drug-likeness (QED) is 0.515. The van der Waals surface area contributed by atoms with Gasteiger partial charge in [-0.25, -0.2) is 0 Å². The molecule has 0 atom stereocenters. The van der Waals surface area contributed by atoms with Gasteiger partial charge in [0.2, 0.25) is 11.7 Å². The first kappa shape index (κ1) is 21.5. The van der Waals surface area contributed by atoms with Crippen LogP contribution in [0.5, 0.6) is 0 Å². The third-order valence-corrected chi connectivity index (χ3v) is 6.36. The maximum atomic E-state index is 12.4. The van der Waals surface area contributed by atoms with Crippen molar-refractivity contribution < 1.29 is 14.3 Å². The number of carbonyl (C=O) groups excluding carboxylic acids is 2. The van der Waals surface area contributed by atoms with E-state index in [4.69, 9.17) is 4.74 Å². The molecule has 166 valence electrons. The SMILES string of the molecule is O=C(NC1CCC(C(=O)OCCCn2nnc(-c3ccccc3)n2)CC1)C1CCCC1. The molecule has 1 aromatic carbocycles. The van der Waals surface area contributed by atoms with Gasteiger partial charge in [0.05, 0.1) is 19.1 Å². The van der Waals surface area contributed by atoms with Gasteiger partial charge in [0, 0.05) is 23.9 Å². The zero-order valence-corrected chi connectivity index (χ0v) is 17.9. The molecule has 1 N–H and O–H groups in total. The highest BCUT2D eigenvalue weighted by atomic mass is 16.5. The Labute approximate surface area is 182 Å². The number of hydrogen-bond acceptors (Lipinski definition) is 6. The monoisotopic (exact) mass is 425 g/mol. The predicted molar refractivity (Wildman–Crippen MR) is 115 cm³/mol. The highest BCUT2D eigenvalue weighted by Gasteiger charge is 2.30. The second kappa shape index (κ2) is 10.5. The van der Waals surface area contributed by atoms with Crippen LogP contribution < -0.4 is 5.32 Å². The number of ether oxygens (including phenoxy) is 1. The Morgan fingerprint density at radius 1 is 1.00 bits per heavy atom. The Kier molecular flexibility index (Phi) is 7.27. The van der Waals surface area contributed by atoms with Crippen molar-refractivity contribution in [1.29, 1.82) is 0 Å². The van der Waals surface area contributed by atoms with E-state index >= 15 is 0 Å². The van der Waals surface area contributed by atoms with Crippen molar-refractivity contribution in [2.75, 3.05) is 6.61 Å². The summed E-state index contributed by atoms with van der Waals surface area (Å²) in [4.78, 5) is 26.2. The maximum Gasteiger partial charge on any atom is 0.308 e. The largest absolute Gasteiger partial charge is 0.465 e. The molecule has 1 aromatic heterocycles. The number of hydrogen-bond donors (Lipinski definition) is 1. The first-order chi connectivity index (χ1) is 15.2. The van der Waals surface area contributed by atoms with Crippen molar-refractivity contribution in [1.82, 2.24) is 25.5 Å². The van der Waals surface area contributed by atoms with Gasteiger partial charge in [-0.1, -0.05) is 43.2 Å². The Balaban J connectivity index is 1.12. The minimum Gasteiger partial charge on any atom is -0.465 e. The average molecular weight is 426 g/mol. The van der Waals surface area contributed by atoms with E-state index in [1.165, 1.54) is 4.80 Å². The van der Waals surface area contributed by atoms with E-state index in [9.17, 15) is 9.59 Å². The van der Waals surface area contributed by atoms with E-state index in [1.807, 2.05) is 30.3 Å². The summed E-state index contributed by atoms with van der Waals surface area (Å²) in [7, 11) is 0. The predicted octanol–water partition coefficient (Wildman–Crippen LogP) is 3.14. The molecule has 31 heavy (non-hydrogen) atoms. The molecule has 0 radical (unpaired) electrons. The van der Waals surface area contributed by atoms with Gasteiger partial charge < -0.3 is 10.1 Å². The van der Waals surface area contributed by atoms with Crippen LogP contribution in [0.25, 0.3) is 11.4 Å². The molecule has 0 saturated heterocycles. The van der Waals surface area contributed by atoms with Gasteiger partial charge in [-0.05, 0) is 43.7 Å². The van der Waals surface area contributed by atoms with Crippen molar-refractivity contribution >= 4 is 11.9 Å². The number of nitrogens with one attached hydrogen (secondary N) is 1. The van der Waals surface area contributed by atoms with E-state index in [2.05, 4.69) is 20.7 Å². The van der Waals surface area contributed by atoms with Gasteiger partial charge in [0.25, 0.3) is 0 Å². The third kappa shape index (κ3) is 5.89. The van der Waals surface area contributed by atoms with E-state index in [0.717, 1.165) is 56.9 Å².